The Morgan fingerprint density at radius 3 is 2.00 bits per heavy atom. The minimum Gasteiger partial charge on any atom is -0.481 e. The molecule has 0 aliphatic heterocycles. The molecule has 19 heavy (non-hydrogen) atoms. The van der Waals surface area contributed by atoms with E-state index in [0.717, 1.165) is 16.7 Å². The highest BCUT2D eigenvalue weighted by atomic mass is 16.4. The van der Waals surface area contributed by atoms with Gasteiger partial charge in [0.05, 0.1) is 11.6 Å². The van der Waals surface area contributed by atoms with Gasteiger partial charge in [0.1, 0.15) is 0 Å². The van der Waals surface area contributed by atoms with Crippen LogP contribution in [0.5, 0.6) is 0 Å². The fraction of sp³-hybridized carbons (Fsp3) is 0.125. The number of rotatable bonds is 4. The van der Waals surface area contributed by atoms with Gasteiger partial charge in [-0.25, -0.2) is 0 Å². The van der Waals surface area contributed by atoms with Crippen LogP contribution in [0.3, 0.4) is 0 Å². The van der Waals surface area contributed by atoms with Crippen molar-refractivity contribution in [3.63, 3.8) is 0 Å². The van der Waals surface area contributed by atoms with E-state index in [9.17, 15) is 4.79 Å². The molecule has 3 heteroatoms. The molecule has 2 rings (SSSR count). The monoisotopic (exact) mass is 251 g/mol. The lowest BCUT2D eigenvalue weighted by Gasteiger charge is -2.04. The number of hydrogen-bond acceptors (Lipinski definition) is 2. The molecule has 0 saturated heterocycles. The minimum absolute atomic E-state index is 0.149. The molecular formula is C16H13NO2. The Morgan fingerprint density at radius 1 is 1.00 bits per heavy atom. The number of benzene rings is 2. The number of carboxylic acids is 1. The van der Waals surface area contributed by atoms with E-state index in [0.29, 0.717) is 12.0 Å². The van der Waals surface area contributed by atoms with Crippen molar-refractivity contribution in [2.45, 2.75) is 12.8 Å². The van der Waals surface area contributed by atoms with Gasteiger partial charge in [-0.15, -0.1) is 0 Å². The highest BCUT2D eigenvalue weighted by Gasteiger charge is 2.01. The van der Waals surface area contributed by atoms with Crippen LogP contribution in [0.1, 0.15) is 17.5 Å². The van der Waals surface area contributed by atoms with Crippen molar-refractivity contribution in [1.29, 1.82) is 5.26 Å². The van der Waals surface area contributed by atoms with E-state index < -0.39 is 5.97 Å². The van der Waals surface area contributed by atoms with Crippen molar-refractivity contribution in [2.24, 2.45) is 0 Å². The lowest BCUT2D eigenvalue weighted by molar-refractivity contribution is -0.136. The first kappa shape index (κ1) is 12.8. The van der Waals surface area contributed by atoms with Gasteiger partial charge in [-0.05, 0) is 35.2 Å². The van der Waals surface area contributed by atoms with Gasteiger partial charge in [-0.3, -0.25) is 4.79 Å². The Balaban J connectivity index is 2.13. The van der Waals surface area contributed by atoms with Crippen LogP contribution >= 0.6 is 0 Å². The van der Waals surface area contributed by atoms with Crippen LogP contribution in [0.4, 0.5) is 0 Å². The molecule has 0 aromatic heterocycles. The lowest BCUT2D eigenvalue weighted by atomic mass is 10.0. The molecule has 0 fully saturated rings. The molecule has 1 N–H and O–H groups in total. The summed E-state index contributed by atoms with van der Waals surface area (Å²) in [6, 6.07) is 17.3. The Labute approximate surface area is 111 Å². The van der Waals surface area contributed by atoms with E-state index in [1.54, 1.807) is 12.1 Å². The van der Waals surface area contributed by atoms with Crippen molar-refractivity contribution >= 4 is 5.97 Å². The fourth-order valence-corrected chi connectivity index (χ4v) is 1.85. The van der Waals surface area contributed by atoms with E-state index in [-0.39, 0.29) is 6.42 Å². The van der Waals surface area contributed by atoms with Crippen LogP contribution in [-0.4, -0.2) is 11.1 Å². The van der Waals surface area contributed by atoms with Gasteiger partial charge in [0.2, 0.25) is 0 Å². The van der Waals surface area contributed by atoms with Gasteiger partial charge in [0.25, 0.3) is 0 Å². The van der Waals surface area contributed by atoms with Crippen LogP contribution in [0.25, 0.3) is 11.1 Å². The zero-order chi connectivity index (χ0) is 13.7. The van der Waals surface area contributed by atoms with Gasteiger partial charge in [-0.1, -0.05) is 36.4 Å². The third-order valence-electron chi connectivity index (χ3n) is 2.93. The second-order valence-corrected chi connectivity index (χ2v) is 4.28. The molecule has 0 saturated carbocycles. The average Bonchev–Trinajstić information content (AvgIpc) is 2.46. The van der Waals surface area contributed by atoms with Gasteiger partial charge >= 0.3 is 5.97 Å². The lowest BCUT2D eigenvalue weighted by Crippen LogP contribution is -1.97. The first-order valence-corrected chi connectivity index (χ1v) is 6.00. The maximum Gasteiger partial charge on any atom is 0.303 e. The Morgan fingerprint density at radius 2 is 1.53 bits per heavy atom. The normalized spacial score (nSPS) is 9.84. The summed E-state index contributed by atoms with van der Waals surface area (Å²) in [5, 5.41) is 17.4. The molecule has 2 aromatic rings. The smallest absolute Gasteiger partial charge is 0.303 e. The first-order valence-electron chi connectivity index (χ1n) is 6.00. The summed E-state index contributed by atoms with van der Waals surface area (Å²) >= 11 is 0. The number of aryl methyl sites for hydroxylation is 1. The quantitative estimate of drug-likeness (QED) is 0.907. The summed E-state index contributed by atoms with van der Waals surface area (Å²) in [5.74, 6) is -0.781. The maximum absolute atomic E-state index is 10.5. The van der Waals surface area contributed by atoms with Gasteiger partial charge in [0.15, 0.2) is 0 Å². The minimum atomic E-state index is -0.781. The van der Waals surface area contributed by atoms with Crippen molar-refractivity contribution in [3.8, 4) is 17.2 Å². The number of nitrogens with zero attached hydrogens (tertiary/aromatic N) is 1. The molecule has 0 heterocycles. The number of aliphatic carboxylic acids is 1. The zero-order valence-corrected chi connectivity index (χ0v) is 10.3. The Kier molecular flexibility index (Phi) is 3.94. The van der Waals surface area contributed by atoms with Crippen LogP contribution in [0.2, 0.25) is 0 Å². The SMILES string of the molecule is N#Cc1ccc(-c2ccc(CCC(=O)O)cc2)cc1. The molecule has 3 nitrogen and oxygen atoms in total. The molecule has 0 unspecified atom stereocenters. The Hall–Kier alpha value is -2.60. The van der Waals surface area contributed by atoms with Crippen molar-refractivity contribution in [1.82, 2.24) is 0 Å². The summed E-state index contributed by atoms with van der Waals surface area (Å²) in [7, 11) is 0. The zero-order valence-electron chi connectivity index (χ0n) is 10.3. The number of hydrogen-bond donors (Lipinski definition) is 1. The first-order chi connectivity index (χ1) is 9.19. The van der Waals surface area contributed by atoms with Crippen LogP contribution in [-0.2, 0) is 11.2 Å². The predicted octanol–water partition coefficient (Wildman–Crippen LogP) is 3.24. The fourth-order valence-electron chi connectivity index (χ4n) is 1.85. The van der Waals surface area contributed by atoms with Crippen molar-refractivity contribution in [2.75, 3.05) is 0 Å². The predicted molar refractivity (Wildman–Crippen MR) is 72.5 cm³/mol. The largest absolute Gasteiger partial charge is 0.481 e. The third-order valence-corrected chi connectivity index (χ3v) is 2.93. The van der Waals surface area contributed by atoms with E-state index in [4.69, 9.17) is 10.4 Å². The molecule has 94 valence electrons. The third kappa shape index (κ3) is 3.43. The molecule has 0 radical (unpaired) electrons. The standard InChI is InChI=1S/C16H13NO2/c17-11-13-3-8-15(9-4-13)14-6-1-12(2-7-14)5-10-16(18)19/h1-4,6-9H,5,10H2,(H,18,19). The van der Waals surface area contributed by atoms with Crippen LogP contribution < -0.4 is 0 Å². The maximum atomic E-state index is 10.5. The molecule has 0 aliphatic rings. The van der Waals surface area contributed by atoms with Gasteiger partial charge in [0, 0.05) is 6.42 Å². The highest BCUT2D eigenvalue weighted by molar-refractivity contribution is 5.67. The van der Waals surface area contributed by atoms with Crippen molar-refractivity contribution < 1.29 is 9.90 Å². The summed E-state index contributed by atoms with van der Waals surface area (Å²) in [4.78, 5) is 10.5. The van der Waals surface area contributed by atoms with E-state index in [1.807, 2.05) is 36.4 Å². The molecule has 2 aromatic carbocycles. The number of carbonyl (C=O) groups is 1. The van der Waals surface area contributed by atoms with Crippen LogP contribution in [0.15, 0.2) is 48.5 Å². The van der Waals surface area contributed by atoms with Gasteiger partial charge in [-0.2, -0.15) is 5.26 Å². The summed E-state index contributed by atoms with van der Waals surface area (Å²) < 4.78 is 0. The molecule has 0 spiro atoms. The van der Waals surface area contributed by atoms with Crippen LogP contribution in [0, 0.1) is 11.3 Å². The molecule has 0 atom stereocenters. The summed E-state index contributed by atoms with van der Waals surface area (Å²) in [6.07, 6.45) is 0.694. The molecule has 0 bridgehead atoms. The Bertz CT molecular complexity index is 607. The summed E-state index contributed by atoms with van der Waals surface area (Å²) in [5.41, 5.74) is 3.76. The van der Waals surface area contributed by atoms with E-state index in [2.05, 4.69) is 6.07 Å². The number of nitriles is 1. The molecule has 0 amide bonds. The average molecular weight is 251 g/mol. The summed E-state index contributed by atoms with van der Waals surface area (Å²) in [6.45, 7) is 0. The molecule has 0 aliphatic carbocycles. The van der Waals surface area contributed by atoms with E-state index in [1.165, 1.54) is 0 Å². The second-order valence-electron chi connectivity index (χ2n) is 4.28. The topological polar surface area (TPSA) is 61.1 Å². The number of carboxylic acid groups (broad SMARTS) is 1. The van der Waals surface area contributed by atoms with E-state index >= 15 is 0 Å². The van der Waals surface area contributed by atoms with Crippen molar-refractivity contribution in [3.05, 3.63) is 59.7 Å². The highest BCUT2D eigenvalue weighted by Crippen LogP contribution is 2.20. The molecular weight excluding hydrogens is 238 g/mol. The van der Waals surface area contributed by atoms with Gasteiger partial charge < -0.3 is 5.11 Å². The second kappa shape index (κ2) is 5.83.